The summed E-state index contributed by atoms with van der Waals surface area (Å²) in [4.78, 5) is 11.0. The fourth-order valence-corrected chi connectivity index (χ4v) is 3.23. The molecule has 3 rings (SSSR count). The van der Waals surface area contributed by atoms with E-state index in [1.807, 2.05) is 12.3 Å². The minimum absolute atomic E-state index is 0.165. The van der Waals surface area contributed by atoms with E-state index in [-0.39, 0.29) is 6.04 Å². The first kappa shape index (κ1) is 15.7. The third-order valence-corrected chi connectivity index (χ3v) is 4.70. The fourth-order valence-electron chi connectivity index (χ4n) is 2.27. The normalized spacial score (nSPS) is 12.0. The lowest BCUT2D eigenvalue weighted by Gasteiger charge is -2.15. The van der Waals surface area contributed by atoms with Crippen LogP contribution in [0.2, 0.25) is 0 Å². The van der Waals surface area contributed by atoms with Gasteiger partial charge in [-0.25, -0.2) is 0 Å². The third-order valence-electron chi connectivity index (χ3n) is 3.57. The van der Waals surface area contributed by atoms with Crippen LogP contribution >= 0.6 is 11.8 Å². The number of hydrogen-bond acceptors (Lipinski definition) is 4. The van der Waals surface area contributed by atoms with Crippen molar-refractivity contribution in [2.45, 2.75) is 29.3 Å². The van der Waals surface area contributed by atoms with Gasteiger partial charge in [-0.2, -0.15) is 0 Å². The van der Waals surface area contributed by atoms with Crippen molar-refractivity contribution in [1.82, 2.24) is 15.3 Å². The second-order valence-corrected chi connectivity index (χ2v) is 6.37. The molecule has 4 heteroatoms. The van der Waals surface area contributed by atoms with Crippen molar-refractivity contribution in [2.75, 3.05) is 0 Å². The predicted octanol–water partition coefficient (Wildman–Crippen LogP) is 4.48. The number of nitrogens with zero attached hydrogens (tertiary/aromatic N) is 2. The zero-order chi connectivity index (χ0) is 15.9. The minimum atomic E-state index is 0.165. The van der Waals surface area contributed by atoms with Gasteiger partial charge in [0.05, 0.1) is 5.69 Å². The molecule has 0 aliphatic carbocycles. The molecule has 23 heavy (non-hydrogen) atoms. The number of rotatable bonds is 6. The minimum Gasteiger partial charge on any atom is -0.305 e. The molecule has 0 saturated heterocycles. The van der Waals surface area contributed by atoms with Gasteiger partial charge in [-0.05, 0) is 30.7 Å². The Labute approximate surface area is 141 Å². The summed E-state index contributed by atoms with van der Waals surface area (Å²) in [5.41, 5.74) is 2.25. The quantitative estimate of drug-likeness (QED) is 0.726. The van der Waals surface area contributed by atoms with Crippen molar-refractivity contribution in [1.29, 1.82) is 0 Å². The molecule has 0 saturated carbocycles. The van der Waals surface area contributed by atoms with Crippen molar-refractivity contribution in [2.24, 2.45) is 0 Å². The van der Waals surface area contributed by atoms with Gasteiger partial charge in [-0.15, -0.1) is 0 Å². The molecule has 1 heterocycles. The van der Waals surface area contributed by atoms with Crippen LogP contribution in [0, 0.1) is 0 Å². The van der Waals surface area contributed by atoms with Crippen molar-refractivity contribution >= 4 is 11.8 Å². The Morgan fingerprint density at radius 3 is 2.57 bits per heavy atom. The Morgan fingerprint density at radius 2 is 1.78 bits per heavy atom. The summed E-state index contributed by atoms with van der Waals surface area (Å²) >= 11 is 1.79. The first-order valence-electron chi connectivity index (χ1n) is 7.63. The van der Waals surface area contributed by atoms with Crippen molar-refractivity contribution < 1.29 is 0 Å². The molecule has 1 N–H and O–H groups in total. The topological polar surface area (TPSA) is 37.8 Å². The highest BCUT2D eigenvalue weighted by atomic mass is 32.2. The molecule has 0 spiro atoms. The summed E-state index contributed by atoms with van der Waals surface area (Å²) in [6, 6.07) is 19.1. The van der Waals surface area contributed by atoms with E-state index in [0.717, 1.165) is 12.2 Å². The van der Waals surface area contributed by atoms with E-state index >= 15 is 0 Å². The molecule has 0 radical (unpaired) electrons. The molecule has 0 fully saturated rings. The van der Waals surface area contributed by atoms with Crippen LogP contribution in [0.5, 0.6) is 0 Å². The SMILES string of the molecule is CC(NCc1ccccc1Sc1ccccc1)c1cnccn1. The molecule has 0 aliphatic heterocycles. The maximum atomic E-state index is 4.35. The largest absolute Gasteiger partial charge is 0.305 e. The zero-order valence-electron chi connectivity index (χ0n) is 13.0. The van der Waals surface area contributed by atoms with Gasteiger partial charge in [-0.3, -0.25) is 9.97 Å². The molecular weight excluding hydrogens is 302 g/mol. The third kappa shape index (κ3) is 4.41. The lowest BCUT2D eigenvalue weighted by Crippen LogP contribution is -2.19. The van der Waals surface area contributed by atoms with Gasteiger partial charge in [-0.1, -0.05) is 48.2 Å². The van der Waals surface area contributed by atoms with Crippen molar-refractivity contribution in [3.63, 3.8) is 0 Å². The van der Waals surface area contributed by atoms with Crippen LogP contribution in [0.3, 0.4) is 0 Å². The lowest BCUT2D eigenvalue weighted by molar-refractivity contribution is 0.556. The van der Waals surface area contributed by atoms with Crippen molar-refractivity contribution in [3.05, 3.63) is 84.4 Å². The second-order valence-electron chi connectivity index (χ2n) is 5.26. The molecule has 0 bridgehead atoms. The highest BCUT2D eigenvalue weighted by Gasteiger charge is 2.08. The molecule has 1 unspecified atom stereocenters. The van der Waals surface area contributed by atoms with E-state index in [4.69, 9.17) is 0 Å². The molecule has 2 aromatic carbocycles. The molecule has 0 aliphatic rings. The van der Waals surface area contributed by atoms with Gasteiger partial charge in [0.25, 0.3) is 0 Å². The number of benzene rings is 2. The van der Waals surface area contributed by atoms with Gasteiger partial charge >= 0.3 is 0 Å². The average molecular weight is 321 g/mol. The Hall–Kier alpha value is -2.17. The summed E-state index contributed by atoms with van der Waals surface area (Å²) in [6.07, 6.45) is 5.23. The van der Waals surface area contributed by atoms with Crippen LogP contribution in [0.4, 0.5) is 0 Å². The van der Waals surface area contributed by atoms with E-state index in [2.05, 4.69) is 70.7 Å². The number of nitrogens with one attached hydrogen (secondary N) is 1. The highest BCUT2D eigenvalue weighted by molar-refractivity contribution is 7.99. The van der Waals surface area contributed by atoms with Gasteiger partial charge in [0, 0.05) is 41.0 Å². The van der Waals surface area contributed by atoms with Gasteiger partial charge in [0.15, 0.2) is 0 Å². The molecule has 0 amide bonds. The van der Waals surface area contributed by atoms with Crippen LogP contribution in [0.1, 0.15) is 24.2 Å². The fraction of sp³-hybridized carbons (Fsp3) is 0.158. The van der Waals surface area contributed by atoms with Crippen molar-refractivity contribution in [3.8, 4) is 0 Å². The molecule has 3 nitrogen and oxygen atoms in total. The van der Waals surface area contributed by atoms with E-state index in [1.54, 1.807) is 24.2 Å². The highest BCUT2D eigenvalue weighted by Crippen LogP contribution is 2.30. The standard InChI is InChI=1S/C19H19N3S/c1-15(18-14-20-11-12-21-18)22-13-16-7-5-6-10-19(16)23-17-8-3-2-4-9-17/h2-12,14-15,22H,13H2,1H3. The Balaban J connectivity index is 1.68. The van der Waals surface area contributed by atoms with E-state index in [0.29, 0.717) is 0 Å². The summed E-state index contributed by atoms with van der Waals surface area (Å²) in [7, 11) is 0. The van der Waals surface area contributed by atoms with Crippen LogP contribution in [0.15, 0.2) is 83.0 Å². The van der Waals surface area contributed by atoms with Crippen LogP contribution < -0.4 is 5.32 Å². The van der Waals surface area contributed by atoms with Gasteiger partial charge in [0.2, 0.25) is 0 Å². The first-order chi connectivity index (χ1) is 11.3. The van der Waals surface area contributed by atoms with Crippen LogP contribution in [0.25, 0.3) is 0 Å². The maximum Gasteiger partial charge on any atom is 0.0753 e. The molecule has 3 aromatic rings. The predicted molar refractivity (Wildman–Crippen MR) is 94.3 cm³/mol. The smallest absolute Gasteiger partial charge is 0.0753 e. The number of aromatic nitrogens is 2. The molecule has 116 valence electrons. The number of hydrogen-bond donors (Lipinski definition) is 1. The Bertz CT molecular complexity index is 732. The van der Waals surface area contributed by atoms with Crippen LogP contribution in [-0.2, 0) is 6.54 Å². The van der Waals surface area contributed by atoms with E-state index < -0.39 is 0 Å². The van der Waals surface area contributed by atoms with E-state index in [1.165, 1.54) is 15.4 Å². The first-order valence-corrected chi connectivity index (χ1v) is 8.44. The summed E-state index contributed by atoms with van der Waals surface area (Å²) in [5.74, 6) is 0. The molecular formula is C19H19N3S. The lowest BCUT2D eigenvalue weighted by atomic mass is 10.2. The van der Waals surface area contributed by atoms with Gasteiger partial charge in [0.1, 0.15) is 0 Å². The maximum absolute atomic E-state index is 4.35. The Morgan fingerprint density at radius 1 is 1.00 bits per heavy atom. The monoisotopic (exact) mass is 321 g/mol. The summed E-state index contributed by atoms with van der Waals surface area (Å²) < 4.78 is 0. The Kier molecular flexibility index (Phi) is 5.40. The zero-order valence-corrected chi connectivity index (χ0v) is 13.8. The molecule has 1 aromatic heterocycles. The second kappa shape index (κ2) is 7.90. The van der Waals surface area contributed by atoms with Crippen LogP contribution in [-0.4, -0.2) is 9.97 Å². The molecule has 1 atom stereocenters. The average Bonchev–Trinajstić information content (AvgIpc) is 2.62. The summed E-state index contributed by atoms with van der Waals surface area (Å²) in [6.45, 7) is 2.91. The van der Waals surface area contributed by atoms with Gasteiger partial charge < -0.3 is 5.32 Å². The van der Waals surface area contributed by atoms with E-state index in [9.17, 15) is 0 Å². The summed E-state index contributed by atoms with van der Waals surface area (Å²) in [5, 5.41) is 3.53.